The Balaban J connectivity index is 1.97. The highest BCUT2D eigenvalue weighted by atomic mass is 16.5. The molecule has 1 atom stereocenters. The van der Waals surface area contributed by atoms with Gasteiger partial charge in [-0.2, -0.15) is 0 Å². The largest absolute Gasteiger partial charge is 0.502 e. The van der Waals surface area contributed by atoms with Gasteiger partial charge < -0.3 is 20.0 Å². The molecule has 28 heavy (non-hydrogen) atoms. The molecule has 3 rings (SSSR count). The van der Waals surface area contributed by atoms with Gasteiger partial charge >= 0.3 is 0 Å². The van der Waals surface area contributed by atoms with E-state index >= 15 is 0 Å². The quantitative estimate of drug-likeness (QED) is 0.757. The predicted octanol–water partition coefficient (Wildman–Crippen LogP) is 2.35. The lowest BCUT2D eigenvalue weighted by Gasteiger charge is -2.26. The first kappa shape index (κ1) is 19.9. The topological polar surface area (TPSA) is 106 Å². The summed E-state index contributed by atoms with van der Waals surface area (Å²) in [6.45, 7) is 2.39. The summed E-state index contributed by atoms with van der Waals surface area (Å²) in [7, 11) is 1.56. The third-order valence-corrected chi connectivity index (χ3v) is 5.07. The molecule has 7 nitrogen and oxygen atoms in total. The molecule has 1 amide bonds. The molecule has 0 radical (unpaired) electrons. The summed E-state index contributed by atoms with van der Waals surface area (Å²) in [5, 5.41) is 10.4. The summed E-state index contributed by atoms with van der Waals surface area (Å²) < 4.78 is 11.1. The van der Waals surface area contributed by atoms with Crippen LogP contribution in [-0.2, 0) is 11.3 Å². The van der Waals surface area contributed by atoms with Crippen molar-refractivity contribution in [3.63, 3.8) is 0 Å². The Morgan fingerprint density at radius 3 is 2.54 bits per heavy atom. The minimum atomic E-state index is -0.655. The first-order valence-electron chi connectivity index (χ1n) is 9.48. The van der Waals surface area contributed by atoms with E-state index in [0.717, 1.165) is 25.9 Å². The number of nitrogens with two attached hydrogens (primary N) is 1. The summed E-state index contributed by atoms with van der Waals surface area (Å²) in [4.78, 5) is 26.2. The van der Waals surface area contributed by atoms with Gasteiger partial charge in [-0.3, -0.25) is 14.5 Å². The number of methoxy groups -OCH3 is 1. The second kappa shape index (κ2) is 8.93. The van der Waals surface area contributed by atoms with Gasteiger partial charge in [0.25, 0.3) is 0 Å². The number of amides is 1. The Kier molecular flexibility index (Phi) is 6.36. The van der Waals surface area contributed by atoms with E-state index in [0.29, 0.717) is 23.6 Å². The Morgan fingerprint density at radius 2 is 1.93 bits per heavy atom. The second-order valence-corrected chi connectivity index (χ2v) is 7.12. The highest BCUT2D eigenvalue weighted by Gasteiger charge is 2.26. The van der Waals surface area contributed by atoms with Crippen LogP contribution in [0, 0.1) is 0 Å². The second-order valence-electron chi connectivity index (χ2n) is 7.12. The Bertz CT molecular complexity index is 869. The van der Waals surface area contributed by atoms with Crippen LogP contribution in [0.5, 0.6) is 11.5 Å². The number of ether oxygens (including phenoxy) is 1. The maximum absolute atomic E-state index is 12.4. The number of rotatable bonds is 7. The lowest BCUT2D eigenvalue weighted by atomic mass is 9.92. The molecule has 7 heteroatoms. The number of hydrogen-bond donors (Lipinski definition) is 2. The van der Waals surface area contributed by atoms with Gasteiger partial charge in [0.15, 0.2) is 5.76 Å². The summed E-state index contributed by atoms with van der Waals surface area (Å²) in [6.07, 6.45) is 3.35. The van der Waals surface area contributed by atoms with Gasteiger partial charge in [0.05, 0.1) is 19.6 Å². The lowest BCUT2D eigenvalue weighted by Crippen LogP contribution is -2.29. The van der Waals surface area contributed by atoms with Gasteiger partial charge in [-0.15, -0.1) is 0 Å². The van der Waals surface area contributed by atoms with Crippen molar-refractivity contribution in [2.24, 2.45) is 5.73 Å². The van der Waals surface area contributed by atoms with Crippen molar-refractivity contribution in [3.8, 4) is 11.5 Å². The van der Waals surface area contributed by atoms with Crippen molar-refractivity contribution in [1.29, 1.82) is 0 Å². The number of carbonyl (C=O) groups excluding carboxylic acids is 1. The zero-order chi connectivity index (χ0) is 20.1. The van der Waals surface area contributed by atoms with Crippen LogP contribution in [-0.4, -0.2) is 36.1 Å². The molecule has 1 aromatic heterocycles. The molecule has 1 aliphatic heterocycles. The molecule has 0 aliphatic carbocycles. The zero-order valence-electron chi connectivity index (χ0n) is 16.0. The van der Waals surface area contributed by atoms with Crippen molar-refractivity contribution < 1.29 is 19.1 Å². The Morgan fingerprint density at radius 1 is 1.25 bits per heavy atom. The summed E-state index contributed by atoms with van der Waals surface area (Å²) >= 11 is 0. The van der Waals surface area contributed by atoms with E-state index in [1.165, 1.54) is 12.5 Å². The first-order valence-corrected chi connectivity index (χ1v) is 9.48. The fourth-order valence-electron chi connectivity index (χ4n) is 3.61. The van der Waals surface area contributed by atoms with Crippen molar-refractivity contribution >= 4 is 5.91 Å². The van der Waals surface area contributed by atoms with Crippen LogP contribution in [0.2, 0.25) is 0 Å². The average Bonchev–Trinajstić information content (AvgIpc) is 2.70. The zero-order valence-corrected chi connectivity index (χ0v) is 16.0. The van der Waals surface area contributed by atoms with Crippen LogP contribution in [0.25, 0.3) is 0 Å². The normalized spacial score (nSPS) is 15.9. The Labute approximate surface area is 163 Å². The molecule has 1 unspecified atom stereocenters. The minimum Gasteiger partial charge on any atom is -0.502 e. The molecule has 1 aromatic carbocycles. The molecule has 2 aromatic rings. The predicted molar refractivity (Wildman–Crippen MR) is 104 cm³/mol. The van der Waals surface area contributed by atoms with Crippen LogP contribution >= 0.6 is 0 Å². The van der Waals surface area contributed by atoms with Crippen LogP contribution in [0.1, 0.15) is 48.7 Å². The third kappa shape index (κ3) is 4.72. The van der Waals surface area contributed by atoms with E-state index in [2.05, 4.69) is 4.90 Å². The fourth-order valence-corrected chi connectivity index (χ4v) is 3.61. The summed E-state index contributed by atoms with van der Waals surface area (Å²) in [5.74, 6) is -0.483. The third-order valence-electron chi connectivity index (χ3n) is 5.07. The van der Waals surface area contributed by atoms with Crippen LogP contribution < -0.4 is 15.9 Å². The first-order chi connectivity index (χ1) is 13.5. The smallest absolute Gasteiger partial charge is 0.227 e. The van der Waals surface area contributed by atoms with E-state index in [4.69, 9.17) is 14.9 Å². The molecule has 3 N–H and O–H groups in total. The van der Waals surface area contributed by atoms with Gasteiger partial charge in [-0.1, -0.05) is 18.6 Å². The highest BCUT2D eigenvalue weighted by Crippen LogP contribution is 2.34. The average molecular weight is 386 g/mol. The Hall–Kier alpha value is -2.80. The molecule has 0 spiro atoms. The molecular formula is C21H26N2O5. The standard InChI is InChI=1S/C21H26N2O5/c1-27-15-7-5-14(6-8-15)17(12-19(22)25)21-20(26)18(24)11-16(28-21)13-23-9-3-2-4-10-23/h5-8,11,17,26H,2-4,9-10,12-13H2,1H3,(H2,22,25). The number of aromatic hydroxyl groups is 1. The summed E-state index contributed by atoms with van der Waals surface area (Å²) in [5.41, 5.74) is 5.61. The lowest BCUT2D eigenvalue weighted by molar-refractivity contribution is -0.118. The number of nitrogens with zero attached hydrogens (tertiary/aromatic N) is 1. The maximum Gasteiger partial charge on any atom is 0.227 e. The molecular weight excluding hydrogens is 360 g/mol. The summed E-state index contributed by atoms with van der Waals surface area (Å²) in [6, 6.07) is 8.35. The van der Waals surface area contributed by atoms with Crippen molar-refractivity contribution in [1.82, 2.24) is 4.90 Å². The fraction of sp³-hybridized carbons (Fsp3) is 0.429. The molecule has 0 bridgehead atoms. The van der Waals surface area contributed by atoms with E-state index in [1.54, 1.807) is 31.4 Å². The molecule has 1 saturated heterocycles. The van der Waals surface area contributed by atoms with E-state index in [9.17, 15) is 14.7 Å². The minimum absolute atomic E-state index is 0.0727. The monoisotopic (exact) mass is 386 g/mol. The van der Waals surface area contributed by atoms with Crippen LogP contribution in [0.3, 0.4) is 0 Å². The van der Waals surface area contributed by atoms with Crippen molar-refractivity contribution in [2.45, 2.75) is 38.1 Å². The number of carbonyl (C=O) groups is 1. The van der Waals surface area contributed by atoms with Crippen molar-refractivity contribution in [3.05, 3.63) is 57.6 Å². The highest BCUT2D eigenvalue weighted by molar-refractivity contribution is 5.75. The SMILES string of the molecule is COc1ccc(C(CC(N)=O)c2oc(CN3CCCCC3)cc(=O)c2O)cc1. The van der Waals surface area contributed by atoms with Crippen molar-refractivity contribution in [2.75, 3.05) is 20.2 Å². The molecule has 2 heterocycles. The van der Waals surface area contributed by atoms with Gasteiger partial charge in [-0.25, -0.2) is 0 Å². The molecule has 150 valence electrons. The number of hydrogen-bond acceptors (Lipinski definition) is 6. The van der Waals surface area contributed by atoms with Crippen LogP contribution in [0.4, 0.5) is 0 Å². The number of likely N-dealkylation sites (tertiary alicyclic amines) is 1. The van der Waals surface area contributed by atoms with Gasteiger partial charge in [-0.05, 0) is 43.6 Å². The van der Waals surface area contributed by atoms with Crippen LogP contribution in [0.15, 0.2) is 39.5 Å². The van der Waals surface area contributed by atoms with Gasteiger partial charge in [0, 0.05) is 12.5 Å². The van der Waals surface area contributed by atoms with Gasteiger partial charge in [0.2, 0.25) is 17.1 Å². The van der Waals surface area contributed by atoms with E-state index in [-0.39, 0.29) is 12.2 Å². The number of piperidine rings is 1. The molecule has 1 aliphatic rings. The van der Waals surface area contributed by atoms with E-state index < -0.39 is 23.0 Å². The number of primary amides is 1. The molecule has 0 saturated carbocycles. The molecule has 1 fully saturated rings. The number of benzene rings is 1. The van der Waals surface area contributed by atoms with E-state index in [1.807, 2.05) is 0 Å². The maximum atomic E-state index is 12.4. The van der Waals surface area contributed by atoms with Gasteiger partial charge in [0.1, 0.15) is 11.5 Å².